The Morgan fingerprint density at radius 2 is 2.38 bits per heavy atom. The molecular weight excluding hydrogens is 198 g/mol. The van der Waals surface area contributed by atoms with Crippen LogP contribution in [0.25, 0.3) is 17.1 Å². The molecule has 16 heavy (non-hydrogen) atoms. The molecule has 0 saturated carbocycles. The minimum atomic E-state index is 0.278. The number of nitrogens with one attached hydrogen (secondary N) is 1. The highest BCUT2D eigenvalue weighted by Crippen LogP contribution is 2.13. The van der Waals surface area contributed by atoms with E-state index in [0.29, 0.717) is 0 Å². The fraction of sp³-hybridized carbons (Fsp3) is 0.308. The van der Waals surface area contributed by atoms with Gasteiger partial charge in [-0.2, -0.15) is 0 Å². The van der Waals surface area contributed by atoms with Crippen LogP contribution in [0.5, 0.6) is 0 Å². The molecule has 1 unspecified atom stereocenters. The van der Waals surface area contributed by atoms with Crippen LogP contribution in [0, 0.1) is 0 Å². The molecule has 1 atom stereocenters. The fourth-order valence-electron chi connectivity index (χ4n) is 1.64. The molecule has 0 fully saturated rings. The van der Waals surface area contributed by atoms with E-state index in [1.807, 2.05) is 13.0 Å². The van der Waals surface area contributed by atoms with Gasteiger partial charge in [0, 0.05) is 6.04 Å². The van der Waals surface area contributed by atoms with Crippen LogP contribution < -0.4 is 5.73 Å². The summed E-state index contributed by atoms with van der Waals surface area (Å²) in [4.78, 5) is 7.29. The van der Waals surface area contributed by atoms with Crippen LogP contribution in [0.3, 0.4) is 0 Å². The van der Waals surface area contributed by atoms with Crippen LogP contribution in [0.1, 0.15) is 25.3 Å². The van der Waals surface area contributed by atoms with Crippen LogP contribution in [0.2, 0.25) is 0 Å². The lowest BCUT2D eigenvalue weighted by molar-refractivity contribution is 0.677. The molecule has 2 aromatic rings. The first kappa shape index (κ1) is 10.9. The van der Waals surface area contributed by atoms with E-state index in [1.54, 1.807) is 6.33 Å². The number of aromatic amines is 1. The SMILES string of the molecule is CC(N)CC/C=C/c1ccc2nc[nH]c2c1. The minimum Gasteiger partial charge on any atom is -0.345 e. The molecule has 0 bridgehead atoms. The third kappa shape index (κ3) is 2.70. The Labute approximate surface area is 95.4 Å². The molecule has 0 aliphatic rings. The van der Waals surface area contributed by atoms with E-state index < -0.39 is 0 Å². The van der Waals surface area contributed by atoms with Crippen LogP contribution in [-0.2, 0) is 0 Å². The Morgan fingerprint density at radius 3 is 3.19 bits per heavy atom. The number of H-pyrrole nitrogens is 1. The van der Waals surface area contributed by atoms with E-state index in [1.165, 1.54) is 5.56 Å². The molecule has 1 aromatic heterocycles. The van der Waals surface area contributed by atoms with Gasteiger partial charge in [-0.3, -0.25) is 0 Å². The largest absolute Gasteiger partial charge is 0.345 e. The molecule has 0 spiro atoms. The zero-order chi connectivity index (χ0) is 11.4. The normalized spacial score (nSPS) is 13.6. The van der Waals surface area contributed by atoms with E-state index in [0.717, 1.165) is 23.9 Å². The average Bonchev–Trinajstić information content (AvgIpc) is 2.71. The molecule has 0 amide bonds. The third-order valence-electron chi connectivity index (χ3n) is 2.54. The topological polar surface area (TPSA) is 54.7 Å². The van der Waals surface area contributed by atoms with Gasteiger partial charge in [0.15, 0.2) is 0 Å². The summed E-state index contributed by atoms with van der Waals surface area (Å²) in [5.41, 5.74) is 8.97. The van der Waals surface area contributed by atoms with Gasteiger partial charge in [0.05, 0.1) is 17.4 Å². The first-order chi connectivity index (χ1) is 7.75. The summed E-state index contributed by atoms with van der Waals surface area (Å²) in [5, 5.41) is 0. The molecule has 3 N–H and O–H groups in total. The predicted octanol–water partition coefficient (Wildman–Crippen LogP) is 2.70. The Bertz CT molecular complexity index is 483. The highest BCUT2D eigenvalue weighted by Gasteiger charge is 1.95. The average molecular weight is 215 g/mol. The van der Waals surface area contributed by atoms with Gasteiger partial charge in [-0.05, 0) is 37.5 Å². The van der Waals surface area contributed by atoms with Gasteiger partial charge in [-0.1, -0.05) is 18.2 Å². The maximum absolute atomic E-state index is 5.69. The molecule has 0 radical (unpaired) electrons. The summed E-state index contributed by atoms with van der Waals surface area (Å²) < 4.78 is 0. The molecule has 84 valence electrons. The molecule has 0 aliphatic heterocycles. The first-order valence-corrected chi connectivity index (χ1v) is 5.61. The number of fused-ring (bicyclic) bond motifs is 1. The van der Waals surface area contributed by atoms with Crippen molar-refractivity contribution in [1.29, 1.82) is 0 Å². The van der Waals surface area contributed by atoms with E-state index >= 15 is 0 Å². The third-order valence-corrected chi connectivity index (χ3v) is 2.54. The number of hydrogen-bond acceptors (Lipinski definition) is 2. The molecule has 1 aromatic carbocycles. The van der Waals surface area contributed by atoms with Crippen LogP contribution in [0.15, 0.2) is 30.6 Å². The molecule has 0 aliphatic carbocycles. The number of allylic oxidation sites excluding steroid dienone is 1. The number of nitrogens with zero attached hydrogens (tertiary/aromatic N) is 1. The van der Waals surface area contributed by atoms with Gasteiger partial charge < -0.3 is 10.7 Å². The summed E-state index contributed by atoms with van der Waals surface area (Å²) in [7, 11) is 0. The maximum Gasteiger partial charge on any atom is 0.0931 e. The Hall–Kier alpha value is -1.61. The number of benzene rings is 1. The molecule has 2 rings (SSSR count). The number of imidazole rings is 1. The number of rotatable bonds is 4. The summed E-state index contributed by atoms with van der Waals surface area (Å²) >= 11 is 0. The second-order valence-corrected chi connectivity index (χ2v) is 4.14. The van der Waals surface area contributed by atoms with Crippen molar-refractivity contribution in [2.24, 2.45) is 5.73 Å². The second-order valence-electron chi connectivity index (χ2n) is 4.14. The maximum atomic E-state index is 5.69. The fourth-order valence-corrected chi connectivity index (χ4v) is 1.64. The Kier molecular flexibility index (Phi) is 3.37. The lowest BCUT2D eigenvalue weighted by Crippen LogP contribution is -2.13. The standard InChI is InChI=1S/C13H17N3/c1-10(14)4-2-3-5-11-6-7-12-13(8-11)16-9-15-12/h3,5-10H,2,4,14H2,1H3,(H,15,16)/b5-3+. The summed E-state index contributed by atoms with van der Waals surface area (Å²) in [5.74, 6) is 0. The monoisotopic (exact) mass is 215 g/mol. The van der Waals surface area contributed by atoms with Crippen molar-refractivity contribution in [2.45, 2.75) is 25.8 Å². The first-order valence-electron chi connectivity index (χ1n) is 5.61. The number of aromatic nitrogens is 2. The van der Waals surface area contributed by atoms with Crippen molar-refractivity contribution >= 4 is 17.1 Å². The summed E-state index contributed by atoms with van der Waals surface area (Å²) in [6.07, 6.45) is 8.07. The van der Waals surface area contributed by atoms with Crippen molar-refractivity contribution in [3.05, 3.63) is 36.2 Å². The zero-order valence-corrected chi connectivity index (χ0v) is 9.48. The van der Waals surface area contributed by atoms with Gasteiger partial charge in [-0.15, -0.1) is 0 Å². The molecular formula is C13H17N3. The highest BCUT2D eigenvalue weighted by molar-refractivity contribution is 5.77. The Balaban J connectivity index is 2.03. The van der Waals surface area contributed by atoms with Crippen molar-refractivity contribution in [2.75, 3.05) is 0 Å². The van der Waals surface area contributed by atoms with E-state index in [9.17, 15) is 0 Å². The Morgan fingerprint density at radius 1 is 1.50 bits per heavy atom. The van der Waals surface area contributed by atoms with Gasteiger partial charge in [0.2, 0.25) is 0 Å². The number of nitrogens with two attached hydrogens (primary N) is 1. The van der Waals surface area contributed by atoms with Gasteiger partial charge in [-0.25, -0.2) is 4.98 Å². The highest BCUT2D eigenvalue weighted by atomic mass is 14.9. The summed E-state index contributed by atoms with van der Waals surface area (Å²) in [6, 6.07) is 6.48. The smallest absolute Gasteiger partial charge is 0.0931 e. The van der Waals surface area contributed by atoms with E-state index in [2.05, 4.69) is 34.3 Å². The predicted molar refractivity (Wildman–Crippen MR) is 68.0 cm³/mol. The summed E-state index contributed by atoms with van der Waals surface area (Å²) in [6.45, 7) is 2.03. The van der Waals surface area contributed by atoms with Gasteiger partial charge in [0.25, 0.3) is 0 Å². The molecule has 3 heteroatoms. The molecule has 0 saturated heterocycles. The van der Waals surface area contributed by atoms with Crippen molar-refractivity contribution < 1.29 is 0 Å². The molecule has 3 nitrogen and oxygen atoms in total. The van der Waals surface area contributed by atoms with E-state index in [-0.39, 0.29) is 6.04 Å². The van der Waals surface area contributed by atoms with Gasteiger partial charge >= 0.3 is 0 Å². The van der Waals surface area contributed by atoms with Crippen molar-refractivity contribution in [3.63, 3.8) is 0 Å². The van der Waals surface area contributed by atoms with E-state index in [4.69, 9.17) is 5.73 Å². The lowest BCUT2D eigenvalue weighted by atomic mass is 10.1. The molecule has 1 heterocycles. The quantitative estimate of drug-likeness (QED) is 0.823. The van der Waals surface area contributed by atoms with Gasteiger partial charge in [0.1, 0.15) is 0 Å². The van der Waals surface area contributed by atoms with Crippen LogP contribution in [0.4, 0.5) is 0 Å². The second kappa shape index (κ2) is 4.94. The minimum absolute atomic E-state index is 0.278. The van der Waals surface area contributed by atoms with Crippen molar-refractivity contribution in [3.8, 4) is 0 Å². The van der Waals surface area contributed by atoms with Crippen LogP contribution >= 0.6 is 0 Å². The van der Waals surface area contributed by atoms with Crippen LogP contribution in [-0.4, -0.2) is 16.0 Å². The zero-order valence-electron chi connectivity index (χ0n) is 9.48. The lowest BCUT2D eigenvalue weighted by Gasteiger charge is -1.99. The number of hydrogen-bond donors (Lipinski definition) is 2. The van der Waals surface area contributed by atoms with Crippen molar-refractivity contribution in [1.82, 2.24) is 9.97 Å².